The van der Waals surface area contributed by atoms with Gasteiger partial charge in [-0.3, -0.25) is 4.79 Å². The van der Waals surface area contributed by atoms with Gasteiger partial charge in [-0.15, -0.1) is 0 Å². The normalized spacial score (nSPS) is 22.3. The molecule has 0 aliphatic carbocycles. The first-order valence-electron chi connectivity index (χ1n) is 9.21. The van der Waals surface area contributed by atoms with Gasteiger partial charge in [0, 0.05) is 37.7 Å². The standard InChI is InChI=1S/C20H24N2O4/c1-15-4-2-6-18(21-15)26-16-7-13-25-20(14-16)8-10-22(11-9-20)19(23)17-5-3-12-24-17/h2-6,12,16H,7-11,13-14H2,1H3. The molecule has 2 saturated heterocycles. The number of hydrogen-bond acceptors (Lipinski definition) is 5. The summed E-state index contributed by atoms with van der Waals surface area (Å²) in [4.78, 5) is 18.7. The summed E-state index contributed by atoms with van der Waals surface area (Å²) < 4.78 is 17.5. The topological polar surface area (TPSA) is 64.8 Å². The first kappa shape index (κ1) is 17.1. The average Bonchev–Trinajstić information content (AvgIpc) is 3.17. The fraction of sp³-hybridized carbons (Fsp3) is 0.500. The molecule has 0 radical (unpaired) electrons. The molecule has 1 unspecified atom stereocenters. The van der Waals surface area contributed by atoms with Crippen molar-refractivity contribution in [3.63, 3.8) is 0 Å². The van der Waals surface area contributed by atoms with Gasteiger partial charge in [-0.1, -0.05) is 6.07 Å². The van der Waals surface area contributed by atoms with Crippen LogP contribution in [0.2, 0.25) is 0 Å². The molecule has 138 valence electrons. The Morgan fingerprint density at radius 2 is 2.12 bits per heavy atom. The van der Waals surface area contributed by atoms with Crippen LogP contribution in [-0.2, 0) is 4.74 Å². The van der Waals surface area contributed by atoms with Gasteiger partial charge in [0.2, 0.25) is 5.88 Å². The highest BCUT2D eigenvalue weighted by Gasteiger charge is 2.42. The number of carbonyl (C=O) groups excluding carboxylic acids is 1. The van der Waals surface area contributed by atoms with Crippen molar-refractivity contribution in [1.82, 2.24) is 9.88 Å². The van der Waals surface area contributed by atoms with E-state index in [1.165, 1.54) is 6.26 Å². The van der Waals surface area contributed by atoms with Gasteiger partial charge in [0.25, 0.3) is 5.91 Å². The van der Waals surface area contributed by atoms with Crippen LogP contribution in [-0.4, -0.2) is 47.2 Å². The van der Waals surface area contributed by atoms with Gasteiger partial charge < -0.3 is 18.8 Å². The van der Waals surface area contributed by atoms with E-state index in [2.05, 4.69) is 4.98 Å². The number of nitrogens with zero attached hydrogens (tertiary/aromatic N) is 2. The maximum atomic E-state index is 12.4. The van der Waals surface area contributed by atoms with E-state index >= 15 is 0 Å². The van der Waals surface area contributed by atoms with Crippen LogP contribution in [0.5, 0.6) is 5.88 Å². The molecule has 4 heterocycles. The van der Waals surface area contributed by atoms with E-state index in [0.717, 1.165) is 31.4 Å². The third-order valence-corrected chi connectivity index (χ3v) is 5.29. The molecule has 2 fully saturated rings. The molecule has 2 aromatic heterocycles. The Labute approximate surface area is 153 Å². The molecule has 6 nitrogen and oxygen atoms in total. The average molecular weight is 356 g/mol. The highest BCUT2D eigenvalue weighted by atomic mass is 16.5. The van der Waals surface area contributed by atoms with E-state index in [0.29, 0.717) is 31.3 Å². The van der Waals surface area contributed by atoms with Crippen molar-refractivity contribution in [3.05, 3.63) is 48.0 Å². The molecule has 0 aromatic carbocycles. The number of amides is 1. The Morgan fingerprint density at radius 1 is 1.27 bits per heavy atom. The number of carbonyl (C=O) groups is 1. The predicted molar refractivity (Wildman–Crippen MR) is 95.2 cm³/mol. The summed E-state index contributed by atoms with van der Waals surface area (Å²) in [6.07, 6.45) is 4.98. The summed E-state index contributed by atoms with van der Waals surface area (Å²) >= 11 is 0. The molecule has 0 saturated carbocycles. The maximum absolute atomic E-state index is 12.4. The molecule has 2 aliphatic rings. The molecule has 26 heavy (non-hydrogen) atoms. The van der Waals surface area contributed by atoms with Crippen LogP contribution < -0.4 is 4.74 Å². The fourth-order valence-electron chi connectivity index (χ4n) is 3.86. The van der Waals surface area contributed by atoms with Crippen molar-refractivity contribution in [1.29, 1.82) is 0 Å². The number of furan rings is 1. The lowest BCUT2D eigenvalue weighted by Crippen LogP contribution is -2.52. The van der Waals surface area contributed by atoms with Crippen LogP contribution >= 0.6 is 0 Å². The van der Waals surface area contributed by atoms with E-state index < -0.39 is 0 Å². The SMILES string of the molecule is Cc1cccc(OC2CCOC3(CCN(C(=O)c4ccco4)CC3)C2)n1. The third-order valence-electron chi connectivity index (χ3n) is 5.29. The van der Waals surface area contributed by atoms with Crippen LogP contribution in [0.15, 0.2) is 41.0 Å². The lowest BCUT2D eigenvalue weighted by Gasteiger charge is -2.45. The van der Waals surface area contributed by atoms with E-state index in [9.17, 15) is 4.79 Å². The van der Waals surface area contributed by atoms with E-state index in [1.54, 1.807) is 12.1 Å². The Hall–Kier alpha value is -2.34. The number of piperidine rings is 1. The zero-order chi connectivity index (χ0) is 18.0. The van der Waals surface area contributed by atoms with Gasteiger partial charge in [-0.25, -0.2) is 4.98 Å². The van der Waals surface area contributed by atoms with Crippen molar-refractivity contribution in [2.75, 3.05) is 19.7 Å². The number of ether oxygens (including phenoxy) is 2. The first-order chi connectivity index (χ1) is 12.6. The number of aryl methyl sites for hydroxylation is 1. The molecular weight excluding hydrogens is 332 g/mol. The van der Waals surface area contributed by atoms with Crippen molar-refractivity contribution < 1.29 is 18.7 Å². The molecule has 2 aromatic rings. The molecule has 6 heteroatoms. The number of pyridine rings is 1. The summed E-state index contributed by atoms with van der Waals surface area (Å²) in [7, 11) is 0. The minimum Gasteiger partial charge on any atom is -0.474 e. The number of aromatic nitrogens is 1. The van der Waals surface area contributed by atoms with Crippen molar-refractivity contribution >= 4 is 5.91 Å². The number of likely N-dealkylation sites (tertiary alicyclic amines) is 1. The van der Waals surface area contributed by atoms with Crippen molar-refractivity contribution in [3.8, 4) is 5.88 Å². The second-order valence-electron chi connectivity index (χ2n) is 7.15. The van der Waals surface area contributed by atoms with Gasteiger partial charge in [0.1, 0.15) is 6.10 Å². The van der Waals surface area contributed by atoms with E-state index in [-0.39, 0.29) is 17.6 Å². The summed E-state index contributed by atoms with van der Waals surface area (Å²) in [5, 5.41) is 0. The van der Waals surface area contributed by atoms with Gasteiger partial charge in [0.15, 0.2) is 5.76 Å². The molecule has 1 amide bonds. The Bertz CT molecular complexity index is 751. The minimum absolute atomic E-state index is 0.0441. The molecule has 1 spiro atoms. The van der Waals surface area contributed by atoms with Gasteiger partial charge in [-0.05, 0) is 38.0 Å². The maximum Gasteiger partial charge on any atom is 0.289 e. The Kier molecular flexibility index (Phi) is 4.68. The fourth-order valence-corrected chi connectivity index (χ4v) is 3.86. The minimum atomic E-state index is -0.202. The quantitative estimate of drug-likeness (QED) is 0.845. The van der Waals surface area contributed by atoms with Crippen molar-refractivity contribution in [2.24, 2.45) is 0 Å². The van der Waals surface area contributed by atoms with Gasteiger partial charge >= 0.3 is 0 Å². The number of rotatable bonds is 3. The summed E-state index contributed by atoms with van der Waals surface area (Å²) in [6.45, 7) is 4.00. The summed E-state index contributed by atoms with van der Waals surface area (Å²) in [5.74, 6) is 1.03. The highest BCUT2D eigenvalue weighted by molar-refractivity contribution is 5.91. The Morgan fingerprint density at radius 3 is 2.85 bits per heavy atom. The second-order valence-corrected chi connectivity index (χ2v) is 7.15. The summed E-state index contributed by atoms with van der Waals surface area (Å²) in [5.41, 5.74) is 0.751. The van der Waals surface area contributed by atoms with Crippen LogP contribution in [0.3, 0.4) is 0 Å². The smallest absolute Gasteiger partial charge is 0.289 e. The van der Waals surface area contributed by atoms with Crippen LogP contribution in [0.25, 0.3) is 0 Å². The molecule has 1 atom stereocenters. The second kappa shape index (κ2) is 7.11. The number of hydrogen-bond donors (Lipinski definition) is 0. The third kappa shape index (κ3) is 3.60. The molecule has 0 bridgehead atoms. The molecule has 0 N–H and O–H groups in total. The van der Waals surface area contributed by atoms with Crippen LogP contribution in [0.4, 0.5) is 0 Å². The first-order valence-corrected chi connectivity index (χ1v) is 9.21. The predicted octanol–water partition coefficient (Wildman–Crippen LogP) is 3.22. The lowest BCUT2D eigenvalue weighted by atomic mass is 9.83. The van der Waals surface area contributed by atoms with E-state index in [4.69, 9.17) is 13.9 Å². The van der Waals surface area contributed by atoms with Crippen LogP contribution in [0, 0.1) is 6.92 Å². The van der Waals surface area contributed by atoms with E-state index in [1.807, 2.05) is 30.0 Å². The summed E-state index contributed by atoms with van der Waals surface area (Å²) in [6, 6.07) is 9.28. The zero-order valence-electron chi connectivity index (χ0n) is 15.0. The largest absolute Gasteiger partial charge is 0.474 e. The molecular formula is C20H24N2O4. The molecule has 2 aliphatic heterocycles. The van der Waals surface area contributed by atoms with Crippen molar-refractivity contribution in [2.45, 2.75) is 44.3 Å². The van der Waals surface area contributed by atoms with Gasteiger partial charge in [-0.2, -0.15) is 0 Å². The highest BCUT2D eigenvalue weighted by Crippen LogP contribution is 2.36. The monoisotopic (exact) mass is 356 g/mol. The van der Waals surface area contributed by atoms with Crippen LogP contribution in [0.1, 0.15) is 41.9 Å². The van der Waals surface area contributed by atoms with Gasteiger partial charge in [0.05, 0.1) is 18.5 Å². The zero-order valence-corrected chi connectivity index (χ0v) is 15.0. The molecule has 4 rings (SSSR count). The Balaban J connectivity index is 1.36. The lowest BCUT2D eigenvalue weighted by molar-refractivity contribution is -0.135.